The highest BCUT2D eigenvalue weighted by atomic mass is 16.4. The molecule has 7 heteroatoms. The van der Waals surface area contributed by atoms with Crippen molar-refractivity contribution in [1.29, 1.82) is 0 Å². The van der Waals surface area contributed by atoms with Crippen molar-refractivity contribution in [2.75, 3.05) is 0 Å². The minimum Gasteiger partial charge on any atom is -0.480 e. The first kappa shape index (κ1) is 14.4. The lowest BCUT2D eigenvalue weighted by Crippen LogP contribution is -2.43. The van der Waals surface area contributed by atoms with Crippen LogP contribution in [0, 0.1) is 0 Å². The van der Waals surface area contributed by atoms with Crippen LogP contribution in [-0.4, -0.2) is 33.9 Å². The second-order valence-corrected chi connectivity index (χ2v) is 4.42. The molecule has 0 saturated heterocycles. The molecule has 0 bridgehead atoms. The minimum atomic E-state index is -1.37. The fourth-order valence-corrected chi connectivity index (χ4v) is 1.83. The highest BCUT2D eigenvalue weighted by Crippen LogP contribution is 2.11. The normalized spacial score (nSPS) is 11.8. The third-order valence-electron chi connectivity index (χ3n) is 2.84. The molecule has 108 valence electrons. The summed E-state index contributed by atoms with van der Waals surface area (Å²) in [7, 11) is 0. The highest BCUT2D eigenvalue weighted by molar-refractivity contribution is 5.97. The molecule has 1 atom stereocenters. The molecule has 1 heterocycles. The third kappa shape index (κ3) is 3.53. The van der Waals surface area contributed by atoms with E-state index in [1.165, 1.54) is 6.07 Å². The Balaban J connectivity index is 2.20. The van der Waals surface area contributed by atoms with E-state index in [9.17, 15) is 14.4 Å². The van der Waals surface area contributed by atoms with Gasteiger partial charge in [-0.2, -0.15) is 0 Å². The zero-order valence-corrected chi connectivity index (χ0v) is 10.9. The number of carboxylic acids is 1. The molecule has 0 saturated carbocycles. The van der Waals surface area contributed by atoms with Gasteiger partial charge in [-0.1, -0.05) is 24.3 Å². The fourth-order valence-electron chi connectivity index (χ4n) is 1.83. The Hall–Kier alpha value is -2.96. The molecule has 2 amide bonds. The predicted molar refractivity (Wildman–Crippen MR) is 74.4 cm³/mol. The summed E-state index contributed by atoms with van der Waals surface area (Å²) in [5, 5.41) is 12.0. The van der Waals surface area contributed by atoms with Crippen LogP contribution >= 0.6 is 0 Å². The van der Waals surface area contributed by atoms with Crippen molar-refractivity contribution in [2.45, 2.75) is 12.5 Å². The third-order valence-corrected chi connectivity index (χ3v) is 2.84. The van der Waals surface area contributed by atoms with Crippen LogP contribution in [0.4, 0.5) is 0 Å². The first-order valence-electron chi connectivity index (χ1n) is 6.15. The van der Waals surface area contributed by atoms with E-state index in [1.807, 2.05) is 12.1 Å². The van der Waals surface area contributed by atoms with Crippen LogP contribution in [0.2, 0.25) is 0 Å². The van der Waals surface area contributed by atoms with Crippen molar-refractivity contribution < 1.29 is 19.5 Å². The minimum absolute atomic E-state index is 0.0735. The number of benzene rings is 1. The van der Waals surface area contributed by atoms with Crippen molar-refractivity contribution in [3.63, 3.8) is 0 Å². The number of rotatable bonds is 5. The number of carbonyl (C=O) groups excluding carboxylic acids is 2. The molecule has 0 unspecified atom stereocenters. The van der Waals surface area contributed by atoms with Crippen molar-refractivity contribution in [3.8, 4) is 0 Å². The van der Waals surface area contributed by atoms with E-state index in [4.69, 9.17) is 10.8 Å². The van der Waals surface area contributed by atoms with E-state index in [2.05, 4.69) is 10.3 Å². The first-order valence-corrected chi connectivity index (χ1v) is 6.15. The maximum Gasteiger partial charge on any atom is 0.326 e. The second-order valence-electron chi connectivity index (χ2n) is 4.42. The number of hydrogen-bond donors (Lipinski definition) is 3. The van der Waals surface area contributed by atoms with E-state index in [0.29, 0.717) is 5.52 Å². The monoisotopic (exact) mass is 287 g/mol. The summed E-state index contributed by atoms with van der Waals surface area (Å²) in [4.78, 5) is 37.9. The maximum atomic E-state index is 12.0. The Morgan fingerprint density at radius 3 is 2.57 bits per heavy atom. The molecular formula is C14H13N3O4. The van der Waals surface area contributed by atoms with Crippen molar-refractivity contribution in [1.82, 2.24) is 10.3 Å². The molecule has 0 fully saturated rings. The molecule has 0 aliphatic heterocycles. The van der Waals surface area contributed by atoms with Crippen LogP contribution in [0.5, 0.6) is 0 Å². The van der Waals surface area contributed by atoms with Gasteiger partial charge in [0.2, 0.25) is 5.91 Å². The predicted octanol–water partition coefficient (Wildman–Crippen LogP) is 0.293. The zero-order chi connectivity index (χ0) is 15.4. The number of carbonyl (C=O) groups is 3. The number of aliphatic carboxylic acids is 1. The SMILES string of the molecule is NC(=O)C[C@@H](NC(=O)c1ccc2ccccc2n1)C(=O)O. The highest BCUT2D eigenvalue weighted by Gasteiger charge is 2.23. The average Bonchev–Trinajstić information content (AvgIpc) is 2.45. The lowest BCUT2D eigenvalue weighted by molar-refractivity contribution is -0.140. The molecule has 4 N–H and O–H groups in total. The van der Waals surface area contributed by atoms with Crippen LogP contribution < -0.4 is 11.1 Å². The van der Waals surface area contributed by atoms with Gasteiger partial charge in [-0.25, -0.2) is 9.78 Å². The van der Waals surface area contributed by atoms with Crippen molar-refractivity contribution in [3.05, 3.63) is 42.1 Å². The summed E-state index contributed by atoms with van der Waals surface area (Å²) in [6, 6.07) is 9.04. The Bertz CT molecular complexity index is 714. The number of pyridine rings is 1. The van der Waals surface area contributed by atoms with Gasteiger partial charge in [-0.05, 0) is 12.1 Å². The molecule has 0 aliphatic rings. The van der Waals surface area contributed by atoms with E-state index < -0.39 is 30.2 Å². The van der Waals surface area contributed by atoms with Crippen LogP contribution in [0.25, 0.3) is 10.9 Å². The molecule has 21 heavy (non-hydrogen) atoms. The van der Waals surface area contributed by atoms with Gasteiger partial charge in [0.15, 0.2) is 0 Å². The van der Waals surface area contributed by atoms with Gasteiger partial charge in [-0.15, -0.1) is 0 Å². The second kappa shape index (κ2) is 6.00. The number of nitrogens with one attached hydrogen (secondary N) is 1. The number of carboxylic acid groups (broad SMARTS) is 1. The quantitative estimate of drug-likeness (QED) is 0.729. The number of aromatic nitrogens is 1. The van der Waals surface area contributed by atoms with Gasteiger partial charge < -0.3 is 16.2 Å². The van der Waals surface area contributed by atoms with Gasteiger partial charge >= 0.3 is 5.97 Å². The average molecular weight is 287 g/mol. The number of primary amides is 1. The standard InChI is InChI=1S/C14H13N3O4/c15-12(18)7-11(14(20)21)17-13(19)10-6-5-8-3-1-2-4-9(8)16-10/h1-6,11H,7H2,(H2,15,18)(H,17,19)(H,20,21)/t11-/m1/s1. The Kier molecular flexibility index (Phi) is 4.13. The summed E-state index contributed by atoms with van der Waals surface area (Å²) < 4.78 is 0. The van der Waals surface area contributed by atoms with Crippen LogP contribution in [0.1, 0.15) is 16.9 Å². The van der Waals surface area contributed by atoms with Crippen molar-refractivity contribution >= 4 is 28.7 Å². The van der Waals surface area contributed by atoms with Gasteiger partial charge in [-0.3, -0.25) is 9.59 Å². The number of nitrogens with zero attached hydrogens (tertiary/aromatic N) is 1. The van der Waals surface area contributed by atoms with E-state index in [-0.39, 0.29) is 5.69 Å². The number of nitrogens with two attached hydrogens (primary N) is 1. The molecule has 0 spiro atoms. The molecule has 1 aromatic heterocycles. The molecule has 0 radical (unpaired) electrons. The van der Waals surface area contributed by atoms with Gasteiger partial charge in [0.1, 0.15) is 11.7 Å². The van der Waals surface area contributed by atoms with E-state index in [0.717, 1.165) is 5.39 Å². The topological polar surface area (TPSA) is 122 Å². The Morgan fingerprint density at radius 1 is 1.19 bits per heavy atom. The van der Waals surface area contributed by atoms with Gasteiger partial charge in [0, 0.05) is 5.39 Å². The molecule has 2 rings (SSSR count). The molecule has 7 nitrogen and oxygen atoms in total. The van der Waals surface area contributed by atoms with Gasteiger partial charge in [0.05, 0.1) is 11.9 Å². The summed E-state index contributed by atoms with van der Waals surface area (Å²) in [6.45, 7) is 0. The van der Waals surface area contributed by atoms with Crippen LogP contribution in [-0.2, 0) is 9.59 Å². The lowest BCUT2D eigenvalue weighted by atomic mass is 10.1. The van der Waals surface area contributed by atoms with Crippen molar-refractivity contribution in [2.24, 2.45) is 5.73 Å². The number of fused-ring (bicyclic) bond motifs is 1. The molecular weight excluding hydrogens is 274 g/mol. The Labute approximate surface area is 119 Å². The van der Waals surface area contributed by atoms with E-state index >= 15 is 0 Å². The summed E-state index contributed by atoms with van der Waals surface area (Å²) >= 11 is 0. The fraction of sp³-hybridized carbons (Fsp3) is 0.143. The number of amides is 2. The lowest BCUT2D eigenvalue weighted by Gasteiger charge is -2.12. The molecule has 1 aromatic carbocycles. The Morgan fingerprint density at radius 2 is 1.90 bits per heavy atom. The first-order chi connectivity index (χ1) is 9.97. The zero-order valence-electron chi connectivity index (χ0n) is 10.9. The summed E-state index contributed by atoms with van der Waals surface area (Å²) in [5.41, 5.74) is 5.64. The smallest absolute Gasteiger partial charge is 0.326 e. The summed E-state index contributed by atoms with van der Waals surface area (Å²) in [5.74, 6) is -2.81. The molecule has 2 aromatic rings. The largest absolute Gasteiger partial charge is 0.480 e. The van der Waals surface area contributed by atoms with E-state index in [1.54, 1.807) is 18.2 Å². The van der Waals surface area contributed by atoms with Crippen LogP contribution in [0.3, 0.4) is 0 Å². The summed E-state index contributed by atoms with van der Waals surface area (Å²) in [6.07, 6.45) is -0.478. The number of hydrogen-bond acceptors (Lipinski definition) is 4. The van der Waals surface area contributed by atoms with Gasteiger partial charge in [0.25, 0.3) is 5.91 Å². The van der Waals surface area contributed by atoms with Crippen LogP contribution in [0.15, 0.2) is 36.4 Å². The molecule has 0 aliphatic carbocycles. The maximum absolute atomic E-state index is 12.0. The number of para-hydroxylation sites is 1.